The molecule has 2 unspecified atom stereocenters. The van der Waals surface area contributed by atoms with Gasteiger partial charge in [-0.2, -0.15) is 0 Å². The lowest BCUT2D eigenvalue weighted by molar-refractivity contribution is -0.0103. The average molecular weight is 467 g/mol. The zero-order chi connectivity index (χ0) is 25.5. The molecular formula is C33H42N2. The largest absolute Gasteiger partial charge is 0.299 e. The van der Waals surface area contributed by atoms with Crippen molar-refractivity contribution in [2.24, 2.45) is 10.8 Å². The summed E-state index contributed by atoms with van der Waals surface area (Å²) in [5, 5.41) is 2.62. The normalized spacial score (nSPS) is 26.0. The molecule has 0 saturated carbocycles. The number of aromatic nitrogens is 2. The van der Waals surface area contributed by atoms with Gasteiger partial charge in [-0.05, 0) is 73.8 Å². The predicted molar refractivity (Wildman–Crippen MR) is 150 cm³/mol. The minimum Gasteiger partial charge on any atom is -0.299 e. The molecule has 2 heterocycles. The highest BCUT2D eigenvalue weighted by Gasteiger charge is 2.72. The van der Waals surface area contributed by atoms with Gasteiger partial charge in [0.05, 0.1) is 11.0 Å². The van der Waals surface area contributed by atoms with Crippen LogP contribution in [0.3, 0.4) is 0 Å². The van der Waals surface area contributed by atoms with Crippen LogP contribution in [0.4, 0.5) is 0 Å². The van der Waals surface area contributed by atoms with Gasteiger partial charge in [-0.1, -0.05) is 94.4 Å². The zero-order valence-electron chi connectivity index (χ0n) is 23.6. The molecule has 2 atom stereocenters. The first-order valence-electron chi connectivity index (χ1n) is 13.6. The van der Waals surface area contributed by atoms with Crippen LogP contribution in [0.1, 0.15) is 111 Å². The van der Waals surface area contributed by atoms with Crippen LogP contribution in [0.25, 0.3) is 27.5 Å². The van der Waals surface area contributed by atoms with Crippen molar-refractivity contribution >= 4 is 27.5 Å². The van der Waals surface area contributed by atoms with Crippen molar-refractivity contribution < 1.29 is 0 Å². The summed E-state index contributed by atoms with van der Waals surface area (Å²) in [6, 6.07) is 11.5. The molecule has 4 aromatic rings. The molecule has 2 aromatic heterocycles. The molecule has 0 fully saturated rings. The second-order valence-corrected chi connectivity index (χ2v) is 13.9. The van der Waals surface area contributed by atoms with E-state index in [1.54, 1.807) is 5.56 Å². The van der Waals surface area contributed by atoms with Crippen molar-refractivity contribution in [3.05, 3.63) is 58.8 Å². The number of imidazole rings is 1. The molecule has 35 heavy (non-hydrogen) atoms. The lowest BCUT2D eigenvalue weighted by Gasteiger charge is -2.56. The van der Waals surface area contributed by atoms with Crippen molar-refractivity contribution in [2.75, 3.05) is 0 Å². The third-order valence-corrected chi connectivity index (χ3v) is 12.3. The summed E-state index contributed by atoms with van der Waals surface area (Å²) >= 11 is 0. The Labute approximate surface area is 211 Å². The van der Waals surface area contributed by atoms with Crippen LogP contribution in [0, 0.1) is 10.8 Å². The van der Waals surface area contributed by atoms with E-state index in [4.69, 9.17) is 4.98 Å². The highest BCUT2D eigenvalue weighted by molar-refractivity contribution is 6.02. The van der Waals surface area contributed by atoms with Gasteiger partial charge in [0.25, 0.3) is 0 Å². The number of hydrogen-bond donors (Lipinski definition) is 0. The summed E-state index contributed by atoms with van der Waals surface area (Å²) in [6.45, 7) is 27.1. The van der Waals surface area contributed by atoms with Crippen molar-refractivity contribution in [2.45, 2.75) is 105 Å². The Hall–Kier alpha value is -2.35. The molecule has 0 aliphatic heterocycles. The number of pyridine rings is 1. The quantitative estimate of drug-likeness (QED) is 0.288. The fourth-order valence-corrected chi connectivity index (χ4v) is 8.28. The molecule has 2 heteroatoms. The summed E-state index contributed by atoms with van der Waals surface area (Å²) in [7, 11) is 0. The van der Waals surface area contributed by atoms with Gasteiger partial charge in [0.1, 0.15) is 5.65 Å². The summed E-state index contributed by atoms with van der Waals surface area (Å²) < 4.78 is 2.43. The van der Waals surface area contributed by atoms with Gasteiger partial charge in [-0.15, -0.1) is 0 Å². The Bertz CT molecular complexity index is 1560. The first-order chi connectivity index (χ1) is 16.2. The maximum atomic E-state index is 5.44. The van der Waals surface area contributed by atoms with Crippen molar-refractivity contribution in [1.82, 2.24) is 9.38 Å². The summed E-state index contributed by atoms with van der Waals surface area (Å²) in [4.78, 5) is 5.44. The van der Waals surface area contributed by atoms with Gasteiger partial charge >= 0.3 is 0 Å². The molecular weight excluding hydrogens is 424 g/mol. The van der Waals surface area contributed by atoms with E-state index in [0.29, 0.717) is 5.92 Å². The Morgan fingerprint density at radius 2 is 1.51 bits per heavy atom. The molecule has 2 aromatic carbocycles. The third kappa shape index (κ3) is 2.19. The smallest absolute Gasteiger partial charge is 0.146 e. The molecule has 0 radical (unpaired) electrons. The molecule has 2 aliphatic rings. The predicted octanol–water partition coefficient (Wildman–Crippen LogP) is 9.05. The van der Waals surface area contributed by atoms with E-state index in [1.807, 2.05) is 0 Å². The molecule has 0 N–H and O–H groups in total. The molecule has 2 nitrogen and oxygen atoms in total. The van der Waals surface area contributed by atoms with Gasteiger partial charge in [0, 0.05) is 17.0 Å². The Kier molecular flexibility index (Phi) is 4.16. The fraction of sp³-hybridized carbons (Fsp3) is 0.545. The topological polar surface area (TPSA) is 17.3 Å². The maximum Gasteiger partial charge on any atom is 0.146 e. The van der Waals surface area contributed by atoms with Crippen molar-refractivity contribution in [1.29, 1.82) is 0 Å². The van der Waals surface area contributed by atoms with E-state index in [0.717, 1.165) is 17.6 Å². The number of nitrogens with zero attached hydrogens (tertiary/aromatic N) is 2. The number of fused-ring (bicyclic) bond motifs is 6. The van der Waals surface area contributed by atoms with E-state index >= 15 is 0 Å². The van der Waals surface area contributed by atoms with E-state index in [9.17, 15) is 0 Å². The Morgan fingerprint density at radius 1 is 0.857 bits per heavy atom. The second-order valence-electron chi connectivity index (χ2n) is 13.9. The monoisotopic (exact) mass is 466 g/mol. The zero-order valence-corrected chi connectivity index (χ0v) is 23.6. The first-order valence-corrected chi connectivity index (χ1v) is 13.6. The molecule has 0 spiro atoms. The summed E-state index contributed by atoms with van der Waals surface area (Å²) in [5.74, 6) is 0.503. The SMILES string of the molecule is CCC(C)c1cccc2ccn3c(nc4cc5c6c(c43)C(C)(C)C(C)(C)C6(C)C(C)(C)C5(C)C)c12. The minimum absolute atomic E-state index is 0.0141. The van der Waals surface area contributed by atoms with E-state index in [-0.39, 0.29) is 27.1 Å². The third-order valence-electron chi connectivity index (χ3n) is 12.3. The summed E-state index contributed by atoms with van der Waals surface area (Å²) in [6.07, 6.45) is 3.41. The van der Waals surface area contributed by atoms with Crippen LogP contribution < -0.4 is 0 Å². The first kappa shape index (κ1) is 23.1. The van der Waals surface area contributed by atoms with Gasteiger partial charge in [-0.3, -0.25) is 4.40 Å². The van der Waals surface area contributed by atoms with E-state index < -0.39 is 0 Å². The van der Waals surface area contributed by atoms with Crippen LogP contribution in [0.5, 0.6) is 0 Å². The Morgan fingerprint density at radius 3 is 2.17 bits per heavy atom. The highest BCUT2D eigenvalue weighted by Crippen LogP contribution is 2.76. The number of rotatable bonds is 2. The van der Waals surface area contributed by atoms with Crippen LogP contribution in [0.2, 0.25) is 0 Å². The molecule has 0 saturated heterocycles. The van der Waals surface area contributed by atoms with Crippen LogP contribution in [-0.2, 0) is 16.2 Å². The van der Waals surface area contributed by atoms with E-state index in [2.05, 4.69) is 117 Å². The molecule has 0 amide bonds. The van der Waals surface area contributed by atoms with Crippen molar-refractivity contribution in [3.8, 4) is 0 Å². The lowest BCUT2D eigenvalue weighted by atomic mass is 9.47. The van der Waals surface area contributed by atoms with Crippen LogP contribution in [0.15, 0.2) is 36.5 Å². The average Bonchev–Trinajstić information content (AvgIpc) is 3.27. The van der Waals surface area contributed by atoms with Gasteiger partial charge in [0.15, 0.2) is 0 Å². The molecule has 0 bridgehead atoms. The number of benzene rings is 2. The summed E-state index contributed by atoms with van der Waals surface area (Å²) in [5.41, 5.74) is 10.0. The van der Waals surface area contributed by atoms with Gasteiger partial charge < -0.3 is 0 Å². The number of hydrogen-bond acceptors (Lipinski definition) is 1. The van der Waals surface area contributed by atoms with E-state index in [1.165, 1.54) is 33.0 Å². The highest BCUT2D eigenvalue weighted by atomic mass is 15.0. The van der Waals surface area contributed by atoms with Gasteiger partial charge in [0.2, 0.25) is 0 Å². The van der Waals surface area contributed by atoms with Gasteiger partial charge in [-0.25, -0.2) is 4.98 Å². The maximum absolute atomic E-state index is 5.44. The molecule has 184 valence electrons. The molecule has 2 aliphatic carbocycles. The second kappa shape index (κ2) is 6.31. The van der Waals surface area contributed by atoms with Crippen LogP contribution >= 0.6 is 0 Å². The molecule has 6 rings (SSSR count). The Balaban J connectivity index is 1.86. The van der Waals surface area contributed by atoms with Crippen LogP contribution in [-0.4, -0.2) is 9.38 Å². The standard InChI is InChI=1S/C33H42N2/c1-12-19(2)21-15-13-14-20-16-17-35-27-23(34-28(35)24(20)21)18-22-25-26(27)30(5,6)32(9,10)33(25,11)31(7,8)29(22,3)4/h13-19H,12H2,1-11H3. The fourth-order valence-electron chi connectivity index (χ4n) is 8.28. The lowest BCUT2D eigenvalue weighted by Crippen LogP contribution is -2.55. The van der Waals surface area contributed by atoms with Crippen molar-refractivity contribution in [3.63, 3.8) is 0 Å². The minimum atomic E-state index is 0.0141.